The quantitative estimate of drug-likeness (QED) is 0.233. The summed E-state index contributed by atoms with van der Waals surface area (Å²) in [4.78, 5) is 29.8. The summed E-state index contributed by atoms with van der Waals surface area (Å²) < 4.78 is 14.1. The van der Waals surface area contributed by atoms with Gasteiger partial charge < -0.3 is 9.47 Å². The second-order valence-electron chi connectivity index (χ2n) is 8.85. The first-order chi connectivity index (χ1) is 15.9. The molecule has 180 valence electrons. The number of nitrogens with zero attached hydrogens (tertiary/aromatic N) is 3. The summed E-state index contributed by atoms with van der Waals surface area (Å²) >= 11 is 10.4. The average molecular weight is 658 g/mol. The predicted molar refractivity (Wildman–Crippen MR) is 144 cm³/mol. The molecule has 0 aliphatic rings. The highest BCUT2D eigenvalue weighted by molar-refractivity contribution is 9.11. The van der Waals surface area contributed by atoms with E-state index in [0.29, 0.717) is 37.0 Å². The van der Waals surface area contributed by atoms with Crippen molar-refractivity contribution in [3.8, 4) is 5.75 Å². The lowest BCUT2D eigenvalue weighted by molar-refractivity contribution is -0.149. The lowest BCUT2D eigenvalue weighted by atomic mass is 9.95. The molecule has 1 aromatic heterocycles. The van der Waals surface area contributed by atoms with E-state index in [1.807, 2.05) is 32.9 Å². The number of fused-ring (bicyclic) bond motifs is 1. The monoisotopic (exact) mass is 655 g/mol. The van der Waals surface area contributed by atoms with Crippen LogP contribution >= 0.6 is 47.8 Å². The van der Waals surface area contributed by atoms with E-state index in [1.165, 1.54) is 4.68 Å². The number of esters is 1. The minimum absolute atomic E-state index is 0.214. The molecule has 2 aromatic carbocycles. The molecule has 1 heterocycles. The lowest BCUT2D eigenvalue weighted by Crippen LogP contribution is -2.29. The van der Waals surface area contributed by atoms with Gasteiger partial charge in [-0.15, -0.1) is 0 Å². The molecule has 3 rings (SSSR count). The molecule has 0 atom stereocenters. The van der Waals surface area contributed by atoms with E-state index in [0.717, 1.165) is 4.47 Å². The van der Waals surface area contributed by atoms with Crippen LogP contribution in [0.15, 0.2) is 53.6 Å². The number of ether oxygens (including phenoxy) is 2. The molecule has 0 saturated carbocycles. The van der Waals surface area contributed by atoms with E-state index < -0.39 is 11.4 Å². The molecule has 0 fully saturated rings. The predicted octanol–water partition coefficient (Wildman–Crippen LogP) is 6.19. The van der Waals surface area contributed by atoms with Crippen LogP contribution in [-0.4, -0.2) is 34.6 Å². The highest BCUT2D eigenvalue weighted by Gasteiger charge is 2.23. The number of halogens is 3. The van der Waals surface area contributed by atoms with E-state index in [2.05, 4.69) is 52.9 Å². The van der Waals surface area contributed by atoms with Crippen molar-refractivity contribution in [1.29, 1.82) is 0 Å². The highest BCUT2D eigenvalue weighted by atomic mass is 79.9. The van der Waals surface area contributed by atoms with Crippen molar-refractivity contribution >= 4 is 70.9 Å². The van der Waals surface area contributed by atoms with Crippen molar-refractivity contribution in [3.63, 3.8) is 0 Å². The molecule has 34 heavy (non-hydrogen) atoms. The summed E-state index contributed by atoms with van der Waals surface area (Å²) in [7, 11) is 0. The van der Waals surface area contributed by atoms with E-state index in [4.69, 9.17) is 14.5 Å². The maximum absolute atomic E-state index is 13.3. The van der Waals surface area contributed by atoms with Gasteiger partial charge >= 0.3 is 5.97 Å². The van der Waals surface area contributed by atoms with Gasteiger partial charge in [0.25, 0.3) is 5.56 Å². The standard InChI is InChI=1S/C24H24Br3N3O4/c1-13(2)34-20(31)12-33-21-17(26)8-14(9-18(21)27)11-28-30-22(32)16-10-15(25)6-7-19(16)29-23(30)24(3,4)5/h6-11,13H,12H2,1-5H3. The van der Waals surface area contributed by atoms with Crippen LogP contribution in [0.1, 0.15) is 46.0 Å². The first kappa shape index (κ1) is 26.6. The van der Waals surface area contributed by atoms with Crippen molar-refractivity contribution in [2.75, 3.05) is 6.61 Å². The van der Waals surface area contributed by atoms with Crippen molar-refractivity contribution in [2.45, 2.75) is 46.1 Å². The smallest absolute Gasteiger partial charge is 0.344 e. The fraction of sp³-hybridized carbons (Fsp3) is 0.333. The number of carbonyl (C=O) groups excluding carboxylic acids is 1. The van der Waals surface area contributed by atoms with Crippen molar-refractivity contribution in [1.82, 2.24) is 9.66 Å². The zero-order valence-electron chi connectivity index (χ0n) is 19.4. The van der Waals surface area contributed by atoms with E-state index in [1.54, 1.807) is 38.3 Å². The fourth-order valence-corrected chi connectivity index (χ4v) is 4.90. The Morgan fingerprint density at radius 3 is 2.38 bits per heavy atom. The van der Waals surface area contributed by atoms with Gasteiger partial charge in [-0.1, -0.05) is 36.7 Å². The second-order valence-corrected chi connectivity index (χ2v) is 11.5. The first-order valence-electron chi connectivity index (χ1n) is 10.5. The van der Waals surface area contributed by atoms with Gasteiger partial charge in [-0.3, -0.25) is 4.79 Å². The molecule has 3 aromatic rings. The Labute approximate surface area is 222 Å². The topological polar surface area (TPSA) is 82.8 Å². The summed E-state index contributed by atoms with van der Waals surface area (Å²) in [6.07, 6.45) is 1.36. The van der Waals surface area contributed by atoms with Crippen molar-refractivity contribution in [3.05, 3.63) is 65.5 Å². The molecule has 0 bridgehead atoms. The van der Waals surface area contributed by atoms with Crippen LogP contribution in [0.5, 0.6) is 5.75 Å². The molecule has 0 spiro atoms. The zero-order chi connectivity index (χ0) is 25.2. The third-order valence-electron chi connectivity index (χ3n) is 4.52. The number of benzene rings is 2. The average Bonchev–Trinajstić information content (AvgIpc) is 2.71. The molecule has 0 radical (unpaired) electrons. The van der Waals surface area contributed by atoms with Crippen LogP contribution < -0.4 is 10.3 Å². The molecule has 0 amide bonds. The molecular weight excluding hydrogens is 634 g/mol. The van der Waals surface area contributed by atoms with Crippen LogP contribution in [0, 0.1) is 0 Å². The number of hydrogen-bond acceptors (Lipinski definition) is 6. The summed E-state index contributed by atoms with van der Waals surface area (Å²) in [6.45, 7) is 9.28. The van der Waals surface area contributed by atoms with Gasteiger partial charge in [0, 0.05) is 9.89 Å². The van der Waals surface area contributed by atoms with E-state index in [9.17, 15) is 9.59 Å². The van der Waals surface area contributed by atoms with Gasteiger partial charge in [0.05, 0.1) is 32.2 Å². The van der Waals surface area contributed by atoms with Gasteiger partial charge in [0.15, 0.2) is 6.61 Å². The van der Waals surface area contributed by atoms with Gasteiger partial charge in [0.1, 0.15) is 11.6 Å². The summed E-state index contributed by atoms with van der Waals surface area (Å²) in [5.74, 6) is 0.553. The van der Waals surface area contributed by atoms with Crippen LogP contribution in [0.4, 0.5) is 0 Å². The van der Waals surface area contributed by atoms with Crippen molar-refractivity contribution < 1.29 is 14.3 Å². The largest absolute Gasteiger partial charge is 0.480 e. The molecule has 0 N–H and O–H groups in total. The number of carbonyl (C=O) groups is 1. The number of aromatic nitrogens is 2. The molecule has 0 aliphatic carbocycles. The normalized spacial score (nSPS) is 12.0. The Morgan fingerprint density at radius 1 is 1.15 bits per heavy atom. The third kappa shape index (κ3) is 6.34. The van der Waals surface area contributed by atoms with Crippen LogP contribution in [0.25, 0.3) is 10.9 Å². The van der Waals surface area contributed by atoms with Crippen molar-refractivity contribution in [2.24, 2.45) is 5.10 Å². The van der Waals surface area contributed by atoms with Crippen LogP contribution in [0.2, 0.25) is 0 Å². The molecule has 0 unspecified atom stereocenters. The summed E-state index contributed by atoms with van der Waals surface area (Å²) in [5.41, 5.74) is 0.653. The van der Waals surface area contributed by atoms with Gasteiger partial charge in [-0.2, -0.15) is 9.78 Å². The minimum Gasteiger partial charge on any atom is -0.480 e. The molecule has 0 saturated heterocycles. The van der Waals surface area contributed by atoms with E-state index in [-0.39, 0.29) is 18.3 Å². The Morgan fingerprint density at radius 2 is 1.79 bits per heavy atom. The Bertz CT molecular complexity index is 1300. The maximum Gasteiger partial charge on any atom is 0.344 e. The molecular formula is C24H24Br3N3O4. The number of rotatable bonds is 6. The third-order valence-corrected chi connectivity index (χ3v) is 6.19. The van der Waals surface area contributed by atoms with Gasteiger partial charge in [0.2, 0.25) is 0 Å². The lowest BCUT2D eigenvalue weighted by Gasteiger charge is -2.21. The second kappa shape index (κ2) is 10.7. The Kier molecular flexibility index (Phi) is 8.36. The first-order valence-corrected chi connectivity index (χ1v) is 12.8. The minimum atomic E-state index is -0.455. The maximum atomic E-state index is 13.3. The van der Waals surface area contributed by atoms with E-state index >= 15 is 0 Å². The summed E-state index contributed by atoms with van der Waals surface area (Å²) in [5, 5.41) is 4.96. The van der Waals surface area contributed by atoms with Crippen LogP contribution in [0.3, 0.4) is 0 Å². The fourth-order valence-electron chi connectivity index (χ4n) is 3.09. The molecule has 7 nitrogen and oxygen atoms in total. The highest BCUT2D eigenvalue weighted by Crippen LogP contribution is 2.34. The Hall–Kier alpha value is -2.04. The molecule has 0 aliphatic heterocycles. The SMILES string of the molecule is CC(C)OC(=O)COc1c(Br)cc(C=Nn2c(C(C)(C)C)nc3ccc(Br)cc3c2=O)cc1Br. The Balaban J connectivity index is 1.97. The number of hydrogen-bond donors (Lipinski definition) is 0. The summed E-state index contributed by atoms with van der Waals surface area (Å²) in [6, 6.07) is 8.98. The molecule has 10 heteroatoms. The zero-order valence-corrected chi connectivity index (χ0v) is 24.1. The van der Waals surface area contributed by atoms with Gasteiger partial charge in [-0.25, -0.2) is 9.78 Å². The van der Waals surface area contributed by atoms with Gasteiger partial charge in [-0.05, 0) is 81.6 Å². The van der Waals surface area contributed by atoms with Crippen LogP contribution in [-0.2, 0) is 14.9 Å².